The van der Waals surface area contributed by atoms with Gasteiger partial charge >= 0.3 is 5.69 Å². The van der Waals surface area contributed by atoms with Crippen LogP contribution in [-0.2, 0) is 20.5 Å². The fourth-order valence-corrected chi connectivity index (χ4v) is 3.78. The second-order valence-corrected chi connectivity index (χ2v) is 7.37. The molecule has 3 rings (SSSR count). The molecule has 0 fully saturated rings. The van der Waals surface area contributed by atoms with E-state index in [2.05, 4.69) is 21.8 Å². The van der Waals surface area contributed by atoms with Crippen molar-refractivity contribution in [2.24, 2.45) is 20.0 Å². The van der Waals surface area contributed by atoms with Gasteiger partial charge in [0.25, 0.3) is 0 Å². The van der Waals surface area contributed by atoms with E-state index < -0.39 is 0 Å². The SMILES string of the molecule is Cn1c(=S)c2[nH]c(CCCCCC3CCC#CCC3)nc2n(C)c1=O. The zero-order valence-electron chi connectivity index (χ0n) is 15.1. The van der Waals surface area contributed by atoms with Crippen LogP contribution in [0.5, 0.6) is 0 Å². The Labute approximate surface area is 153 Å². The van der Waals surface area contributed by atoms with E-state index in [0.717, 1.165) is 42.9 Å². The molecule has 0 bridgehead atoms. The predicted octanol–water partition coefficient (Wildman–Crippen LogP) is 3.63. The number of aromatic amines is 1. The molecule has 0 saturated heterocycles. The Morgan fingerprint density at radius 1 is 1.16 bits per heavy atom. The van der Waals surface area contributed by atoms with Crippen LogP contribution in [0, 0.1) is 22.4 Å². The molecule has 1 N–H and O–H groups in total. The van der Waals surface area contributed by atoms with Gasteiger partial charge in [-0.15, -0.1) is 11.8 Å². The monoisotopic (exact) mass is 358 g/mol. The lowest BCUT2D eigenvalue weighted by Gasteiger charge is -2.12. The quantitative estimate of drug-likeness (QED) is 0.487. The Morgan fingerprint density at radius 2 is 1.88 bits per heavy atom. The zero-order valence-corrected chi connectivity index (χ0v) is 15.9. The summed E-state index contributed by atoms with van der Waals surface area (Å²) in [6, 6.07) is 0. The molecule has 0 saturated carbocycles. The first-order valence-electron chi connectivity index (χ1n) is 9.18. The lowest BCUT2D eigenvalue weighted by atomic mass is 9.93. The number of hydrogen-bond acceptors (Lipinski definition) is 3. The highest BCUT2D eigenvalue weighted by atomic mass is 32.1. The summed E-state index contributed by atoms with van der Waals surface area (Å²) in [6.07, 6.45) is 10.5. The van der Waals surface area contributed by atoms with Crippen LogP contribution in [0.4, 0.5) is 0 Å². The third kappa shape index (κ3) is 4.04. The normalized spacial score (nSPS) is 15.1. The molecule has 0 atom stereocenters. The minimum Gasteiger partial charge on any atom is -0.338 e. The number of imidazole rings is 1. The second kappa shape index (κ2) is 8.01. The molecular formula is C19H26N4OS. The van der Waals surface area contributed by atoms with E-state index in [1.54, 1.807) is 18.7 Å². The standard InChI is InChI=1S/C19H26N4OS/c1-22-17-16(18(25)23(2)19(22)24)20-15(21-17)13-9-5-8-12-14-10-6-3-4-7-11-14/h14H,5-13H2,1-2H3,(H,20,21). The minimum atomic E-state index is -0.136. The van der Waals surface area contributed by atoms with Crippen LogP contribution in [0.3, 0.4) is 0 Å². The Bertz CT molecular complexity index is 913. The summed E-state index contributed by atoms with van der Waals surface area (Å²) in [6.45, 7) is 0. The number of hydrogen-bond donors (Lipinski definition) is 1. The summed E-state index contributed by atoms with van der Waals surface area (Å²) in [7, 11) is 3.43. The van der Waals surface area contributed by atoms with E-state index in [1.807, 2.05) is 0 Å². The molecule has 0 spiro atoms. The third-order valence-corrected chi connectivity index (χ3v) is 5.63. The van der Waals surface area contributed by atoms with Gasteiger partial charge in [0.15, 0.2) is 5.65 Å². The largest absolute Gasteiger partial charge is 0.338 e. The average Bonchev–Trinajstić information content (AvgIpc) is 2.86. The number of fused-ring (bicyclic) bond motifs is 1. The molecule has 5 nitrogen and oxygen atoms in total. The fraction of sp³-hybridized carbons (Fsp3) is 0.632. The van der Waals surface area contributed by atoms with E-state index in [4.69, 9.17) is 12.2 Å². The summed E-state index contributed by atoms with van der Waals surface area (Å²) >= 11 is 5.36. The van der Waals surface area contributed by atoms with Crippen LogP contribution in [0.2, 0.25) is 0 Å². The van der Waals surface area contributed by atoms with Gasteiger partial charge in [0.2, 0.25) is 0 Å². The van der Waals surface area contributed by atoms with Crippen molar-refractivity contribution in [3.8, 4) is 11.8 Å². The summed E-state index contributed by atoms with van der Waals surface area (Å²) in [4.78, 5) is 20.0. The Balaban J connectivity index is 1.54. The van der Waals surface area contributed by atoms with E-state index in [1.165, 1.54) is 36.7 Å². The first-order chi connectivity index (χ1) is 12.1. The third-order valence-electron chi connectivity index (χ3n) is 5.15. The topological polar surface area (TPSA) is 55.6 Å². The van der Waals surface area contributed by atoms with Crippen molar-refractivity contribution >= 4 is 23.4 Å². The fourth-order valence-electron chi connectivity index (χ4n) is 3.56. The van der Waals surface area contributed by atoms with E-state index in [9.17, 15) is 4.79 Å². The number of H-pyrrole nitrogens is 1. The van der Waals surface area contributed by atoms with Gasteiger partial charge in [0.1, 0.15) is 16.0 Å². The zero-order chi connectivity index (χ0) is 17.8. The highest BCUT2D eigenvalue weighted by molar-refractivity contribution is 7.71. The molecule has 134 valence electrons. The first kappa shape index (κ1) is 17.9. The maximum atomic E-state index is 12.1. The van der Waals surface area contributed by atoms with Crippen LogP contribution in [0.15, 0.2) is 4.79 Å². The highest BCUT2D eigenvalue weighted by Crippen LogP contribution is 2.22. The average molecular weight is 359 g/mol. The summed E-state index contributed by atoms with van der Waals surface area (Å²) in [5.74, 6) is 8.23. The van der Waals surface area contributed by atoms with Gasteiger partial charge in [-0.2, -0.15) is 0 Å². The minimum absolute atomic E-state index is 0.136. The number of rotatable bonds is 6. The van der Waals surface area contributed by atoms with Crippen molar-refractivity contribution in [3.63, 3.8) is 0 Å². The molecule has 1 aliphatic carbocycles. The Hall–Kier alpha value is -1.87. The highest BCUT2D eigenvalue weighted by Gasteiger charge is 2.12. The molecule has 2 aromatic heterocycles. The van der Waals surface area contributed by atoms with E-state index in [0.29, 0.717) is 10.3 Å². The van der Waals surface area contributed by atoms with Crippen molar-refractivity contribution in [1.82, 2.24) is 19.1 Å². The van der Waals surface area contributed by atoms with E-state index >= 15 is 0 Å². The van der Waals surface area contributed by atoms with Gasteiger partial charge in [0.05, 0.1) is 0 Å². The van der Waals surface area contributed by atoms with Gasteiger partial charge in [-0.05, 0) is 25.2 Å². The number of nitrogens with zero attached hydrogens (tertiary/aromatic N) is 3. The molecule has 0 amide bonds. The maximum absolute atomic E-state index is 12.1. The molecule has 6 heteroatoms. The number of nitrogens with one attached hydrogen (secondary N) is 1. The number of unbranched alkanes of at least 4 members (excludes halogenated alkanes) is 2. The summed E-state index contributed by atoms with van der Waals surface area (Å²) in [5.41, 5.74) is 1.30. The Morgan fingerprint density at radius 3 is 2.60 bits per heavy atom. The predicted molar refractivity (Wildman–Crippen MR) is 103 cm³/mol. The van der Waals surface area contributed by atoms with Crippen molar-refractivity contribution < 1.29 is 0 Å². The Kier molecular flexibility index (Phi) is 5.74. The molecule has 1 aliphatic rings. The number of aromatic nitrogens is 4. The van der Waals surface area contributed by atoms with Crippen LogP contribution < -0.4 is 5.69 Å². The molecule has 0 unspecified atom stereocenters. The molecule has 0 radical (unpaired) electrons. The second-order valence-electron chi connectivity index (χ2n) is 6.98. The van der Waals surface area contributed by atoms with Crippen LogP contribution >= 0.6 is 12.2 Å². The molecule has 0 aromatic carbocycles. The van der Waals surface area contributed by atoms with Gasteiger partial charge in [-0.3, -0.25) is 9.13 Å². The molecule has 25 heavy (non-hydrogen) atoms. The van der Waals surface area contributed by atoms with Gasteiger partial charge < -0.3 is 4.98 Å². The molecule has 2 aromatic rings. The molecule has 0 aliphatic heterocycles. The summed E-state index contributed by atoms with van der Waals surface area (Å²) < 4.78 is 3.56. The van der Waals surface area contributed by atoms with Crippen molar-refractivity contribution in [2.45, 2.75) is 57.8 Å². The van der Waals surface area contributed by atoms with Crippen LogP contribution in [-0.4, -0.2) is 19.1 Å². The van der Waals surface area contributed by atoms with Gasteiger partial charge in [-0.1, -0.05) is 31.5 Å². The number of aryl methyl sites for hydroxylation is 2. The molecular weight excluding hydrogens is 332 g/mol. The van der Waals surface area contributed by atoms with Crippen LogP contribution in [0.25, 0.3) is 11.2 Å². The molecule has 2 heterocycles. The lowest BCUT2D eigenvalue weighted by molar-refractivity contribution is 0.413. The van der Waals surface area contributed by atoms with Crippen molar-refractivity contribution in [3.05, 3.63) is 20.9 Å². The lowest BCUT2D eigenvalue weighted by Crippen LogP contribution is -2.27. The van der Waals surface area contributed by atoms with Gasteiger partial charge in [-0.25, -0.2) is 9.78 Å². The van der Waals surface area contributed by atoms with Crippen molar-refractivity contribution in [2.75, 3.05) is 0 Å². The van der Waals surface area contributed by atoms with Crippen LogP contribution in [0.1, 0.15) is 57.2 Å². The van der Waals surface area contributed by atoms with E-state index in [-0.39, 0.29) is 5.69 Å². The maximum Gasteiger partial charge on any atom is 0.330 e. The van der Waals surface area contributed by atoms with Gasteiger partial charge in [0, 0.05) is 33.4 Å². The summed E-state index contributed by atoms with van der Waals surface area (Å²) in [5, 5.41) is 0. The first-order valence-corrected chi connectivity index (χ1v) is 9.59. The van der Waals surface area contributed by atoms with Crippen molar-refractivity contribution in [1.29, 1.82) is 0 Å². The smallest absolute Gasteiger partial charge is 0.330 e.